The van der Waals surface area contributed by atoms with Gasteiger partial charge in [0.1, 0.15) is 6.54 Å². The number of amides is 1. The summed E-state index contributed by atoms with van der Waals surface area (Å²) in [7, 11) is 0. The van der Waals surface area contributed by atoms with Crippen LogP contribution in [0.15, 0.2) is 12.4 Å². The van der Waals surface area contributed by atoms with Gasteiger partial charge in [-0.05, 0) is 0 Å². The van der Waals surface area contributed by atoms with E-state index in [1.54, 1.807) is 0 Å². The van der Waals surface area contributed by atoms with Crippen molar-refractivity contribution in [1.29, 1.82) is 0 Å². The first kappa shape index (κ1) is 12.8. The van der Waals surface area contributed by atoms with Crippen molar-refractivity contribution in [2.75, 3.05) is 19.0 Å². The highest BCUT2D eigenvalue weighted by Gasteiger charge is 2.33. The number of alkyl halides is 4. The molecule has 1 heterocycles. The SMILES string of the molecule is O=C(c1cn[nH]c1)N(CCCl)CC(F)(F)F. The van der Waals surface area contributed by atoms with Crippen molar-refractivity contribution < 1.29 is 18.0 Å². The Morgan fingerprint density at radius 3 is 2.69 bits per heavy atom. The maximum Gasteiger partial charge on any atom is 0.406 e. The number of carbonyl (C=O) groups excluding carboxylic acids is 1. The van der Waals surface area contributed by atoms with Gasteiger partial charge in [-0.2, -0.15) is 18.3 Å². The average molecular weight is 256 g/mol. The van der Waals surface area contributed by atoms with Crippen LogP contribution < -0.4 is 0 Å². The third-order valence-corrected chi connectivity index (χ3v) is 1.93. The van der Waals surface area contributed by atoms with E-state index in [0.29, 0.717) is 4.90 Å². The lowest BCUT2D eigenvalue weighted by atomic mass is 10.3. The molecule has 4 nitrogen and oxygen atoms in total. The first-order chi connectivity index (χ1) is 7.44. The number of nitrogens with zero attached hydrogens (tertiary/aromatic N) is 2. The van der Waals surface area contributed by atoms with E-state index in [9.17, 15) is 18.0 Å². The molecule has 0 spiro atoms. The molecule has 1 aromatic rings. The van der Waals surface area contributed by atoms with Crippen molar-refractivity contribution in [3.63, 3.8) is 0 Å². The quantitative estimate of drug-likeness (QED) is 0.832. The number of rotatable bonds is 4. The average Bonchev–Trinajstić information content (AvgIpc) is 2.66. The molecule has 0 unspecified atom stereocenters. The normalized spacial score (nSPS) is 11.5. The molecule has 0 radical (unpaired) electrons. The predicted molar refractivity (Wildman–Crippen MR) is 51.3 cm³/mol. The molecule has 1 N–H and O–H groups in total. The van der Waals surface area contributed by atoms with Crippen molar-refractivity contribution in [2.45, 2.75) is 6.18 Å². The number of H-pyrrole nitrogens is 1. The minimum atomic E-state index is -4.44. The second kappa shape index (κ2) is 5.20. The Hall–Kier alpha value is -1.24. The van der Waals surface area contributed by atoms with E-state index in [4.69, 9.17) is 11.6 Å². The summed E-state index contributed by atoms with van der Waals surface area (Å²) in [6.07, 6.45) is -2.04. The van der Waals surface area contributed by atoms with Crippen LogP contribution in [0.4, 0.5) is 13.2 Å². The molecular weight excluding hydrogens is 247 g/mol. The summed E-state index contributed by atoms with van der Waals surface area (Å²) in [5, 5.41) is 5.85. The highest BCUT2D eigenvalue weighted by Crippen LogP contribution is 2.17. The molecule has 1 amide bonds. The molecule has 0 bridgehead atoms. The van der Waals surface area contributed by atoms with E-state index >= 15 is 0 Å². The Kier molecular flexibility index (Phi) is 4.17. The van der Waals surface area contributed by atoms with Crippen LogP contribution in [-0.2, 0) is 0 Å². The predicted octanol–water partition coefficient (Wildman–Crippen LogP) is 1.65. The highest BCUT2D eigenvalue weighted by atomic mass is 35.5. The van der Waals surface area contributed by atoms with Gasteiger partial charge in [0, 0.05) is 18.6 Å². The highest BCUT2D eigenvalue weighted by molar-refractivity contribution is 6.18. The van der Waals surface area contributed by atoms with Gasteiger partial charge in [-0.25, -0.2) is 0 Å². The zero-order valence-electron chi connectivity index (χ0n) is 8.09. The van der Waals surface area contributed by atoms with Crippen LogP contribution in [0.2, 0.25) is 0 Å². The standard InChI is InChI=1S/C8H9ClF3N3O/c9-1-2-15(5-8(10,11)12)7(16)6-3-13-14-4-6/h3-4H,1-2,5H2,(H,13,14). The van der Waals surface area contributed by atoms with Crippen LogP contribution in [-0.4, -0.2) is 46.2 Å². The molecule has 1 aromatic heterocycles. The van der Waals surface area contributed by atoms with Crippen LogP contribution in [0.5, 0.6) is 0 Å². The van der Waals surface area contributed by atoms with E-state index < -0.39 is 18.6 Å². The van der Waals surface area contributed by atoms with Crippen molar-refractivity contribution in [2.24, 2.45) is 0 Å². The molecule has 0 aromatic carbocycles. The molecule has 0 aliphatic rings. The summed E-state index contributed by atoms with van der Waals surface area (Å²) in [6, 6.07) is 0. The number of aromatic amines is 1. The fourth-order valence-electron chi connectivity index (χ4n) is 1.12. The zero-order valence-corrected chi connectivity index (χ0v) is 8.85. The fourth-order valence-corrected chi connectivity index (χ4v) is 1.33. The van der Waals surface area contributed by atoms with Crippen LogP contribution in [0.25, 0.3) is 0 Å². The Labute approximate surface area is 94.4 Å². The molecule has 16 heavy (non-hydrogen) atoms. The second-order valence-corrected chi connectivity index (χ2v) is 3.40. The zero-order chi connectivity index (χ0) is 12.2. The van der Waals surface area contributed by atoms with E-state index in [0.717, 1.165) is 0 Å². The number of nitrogens with one attached hydrogen (secondary N) is 1. The third-order valence-electron chi connectivity index (χ3n) is 1.76. The number of carbonyl (C=O) groups is 1. The summed E-state index contributed by atoms with van der Waals surface area (Å²) in [5.74, 6) is -0.800. The molecule has 0 aliphatic heterocycles. The number of hydrogen-bond donors (Lipinski definition) is 1. The van der Waals surface area contributed by atoms with E-state index in [-0.39, 0.29) is 18.0 Å². The van der Waals surface area contributed by atoms with Crippen LogP contribution >= 0.6 is 11.6 Å². The summed E-state index contributed by atoms with van der Waals surface area (Å²) in [6.45, 7) is -1.48. The number of aromatic nitrogens is 2. The summed E-state index contributed by atoms with van der Waals surface area (Å²) >= 11 is 5.35. The molecule has 0 saturated carbocycles. The Balaban J connectivity index is 2.74. The van der Waals surface area contributed by atoms with Gasteiger partial charge in [-0.1, -0.05) is 0 Å². The second-order valence-electron chi connectivity index (χ2n) is 3.02. The lowest BCUT2D eigenvalue weighted by molar-refractivity contribution is -0.140. The van der Waals surface area contributed by atoms with Crippen molar-refractivity contribution in [3.8, 4) is 0 Å². The monoisotopic (exact) mass is 255 g/mol. The van der Waals surface area contributed by atoms with E-state index in [1.807, 2.05) is 0 Å². The Morgan fingerprint density at radius 2 is 2.25 bits per heavy atom. The first-order valence-corrected chi connectivity index (χ1v) is 4.88. The smallest absolute Gasteiger partial charge is 0.328 e. The van der Waals surface area contributed by atoms with Crippen molar-refractivity contribution in [3.05, 3.63) is 18.0 Å². The van der Waals surface area contributed by atoms with Crippen molar-refractivity contribution in [1.82, 2.24) is 15.1 Å². The van der Waals surface area contributed by atoms with E-state index in [1.165, 1.54) is 12.4 Å². The van der Waals surface area contributed by atoms with Crippen LogP contribution in [0, 0.1) is 0 Å². The maximum absolute atomic E-state index is 12.2. The molecule has 0 fully saturated rings. The molecule has 1 rings (SSSR count). The maximum atomic E-state index is 12.2. The topological polar surface area (TPSA) is 49.0 Å². The first-order valence-electron chi connectivity index (χ1n) is 4.35. The number of halogens is 4. The molecule has 8 heteroatoms. The van der Waals surface area contributed by atoms with Crippen LogP contribution in [0.3, 0.4) is 0 Å². The minimum Gasteiger partial charge on any atom is -0.328 e. The van der Waals surface area contributed by atoms with Crippen molar-refractivity contribution >= 4 is 17.5 Å². The van der Waals surface area contributed by atoms with Gasteiger partial charge in [0.05, 0.1) is 11.8 Å². The van der Waals surface area contributed by atoms with Gasteiger partial charge in [-0.15, -0.1) is 11.6 Å². The van der Waals surface area contributed by atoms with Gasteiger partial charge in [0.25, 0.3) is 5.91 Å². The lowest BCUT2D eigenvalue weighted by Gasteiger charge is -2.22. The lowest BCUT2D eigenvalue weighted by Crippen LogP contribution is -2.40. The largest absolute Gasteiger partial charge is 0.406 e. The Morgan fingerprint density at radius 1 is 1.56 bits per heavy atom. The van der Waals surface area contributed by atoms with Gasteiger partial charge < -0.3 is 4.90 Å². The fraction of sp³-hybridized carbons (Fsp3) is 0.500. The van der Waals surface area contributed by atoms with Gasteiger partial charge in [0.15, 0.2) is 0 Å². The summed E-state index contributed by atoms with van der Waals surface area (Å²) in [5.41, 5.74) is 0.0781. The van der Waals surface area contributed by atoms with E-state index in [2.05, 4.69) is 10.2 Å². The molecular formula is C8H9ClF3N3O. The van der Waals surface area contributed by atoms with Gasteiger partial charge in [0.2, 0.25) is 0 Å². The third kappa shape index (κ3) is 3.73. The minimum absolute atomic E-state index is 0.0559. The molecule has 90 valence electrons. The summed E-state index contributed by atoms with van der Waals surface area (Å²) in [4.78, 5) is 12.2. The molecule has 0 atom stereocenters. The summed E-state index contributed by atoms with van der Waals surface area (Å²) < 4.78 is 36.5. The van der Waals surface area contributed by atoms with Gasteiger partial charge in [-0.3, -0.25) is 9.89 Å². The van der Waals surface area contributed by atoms with Gasteiger partial charge >= 0.3 is 6.18 Å². The molecule has 0 aliphatic carbocycles. The number of hydrogen-bond acceptors (Lipinski definition) is 2. The Bertz CT molecular complexity index is 339. The molecule has 0 saturated heterocycles. The van der Waals surface area contributed by atoms with Crippen LogP contribution in [0.1, 0.15) is 10.4 Å².